The second-order valence-corrected chi connectivity index (χ2v) is 8.76. The molecule has 0 spiro atoms. The number of halogens is 2. The van der Waals surface area contributed by atoms with Gasteiger partial charge in [0.2, 0.25) is 0 Å². The Labute approximate surface area is 138 Å². The van der Waals surface area contributed by atoms with Gasteiger partial charge in [-0.15, -0.1) is 0 Å². The highest BCUT2D eigenvalue weighted by molar-refractivity contribution is 9.10. The molecule has 1 amide bonds. The van der Waals surface area contributed by atoms with E-state index < -0.39 is 9.05 Å². The summed E-state index contributed by atoms with van der Waals surface area (Å²) in [6.45, 7) is 6.38. The maximum Gasteiger partial charge on any atom is 0.261 e. The fourth-order valence-electron chi connectivity index (χ4n) is 1.95. The summed E-state index contributed by atoms with van der Waals surface area (Å²) in [6.07, 6.45) is 1.91. The van der Waals surface area contributed by atoms with Crippen molar-refractivity contribution in [1.29, 1.82) is 0 Å². The quantitative estimate of drug-likeness (QED) is 0.587. The van der Waals surface area contributed by atoms with Crippen LogP contribution in [0.15, 0.2) is 21.5 Å². The molecule has 0 aliphatic heterocycles. The van der Waals surface area contributed by atoms with E-state index in [1.54, 1.807) is 13.0 Å². The van der Waals surface area contributed by atoms with Crippen molar-refractivity contribution in [2.45, 2.75) is 38.5 Å². The van der Waals surface area contributed by atoms with E-state index in [1.165, 1.54) is 6.07 Å². The highest BCUT2D eigenvalue weighted by atomic mass is 79.9. The minimum absolute atomic E-state index is 0.0501. The Morgan fingerprint density at radius 3 is 2.52 bits per heavy atom. The van der Waals surface area contributed by atoms with Crippen molar-refractivity contribution in [3.8, 4) is 0 Å². The molecular formula is C14H19BrClNO3S. The van der Waals surface area contributed by atoms with Crippen molar-refractivity contribution < 1.29 is 13.2 Å². The second kappa shape index (κ2) is 7.61. The lowest BCUT2D eigenvalue weighted by Crippen LogP contribution is -2.25. The zero-order valence-electron chi connectivity index (χ0n) is 12.2. The van der Waals surface area contributed by atoms with E-state index in [0.29, 0.717) is 28.1 Å². The molecule has 0 aliphatic carbocycles. The molecule has 21 heavy (non-hydrogen) atoms. The Bertz CT molecular complexity index is 629. The van der Waals surface area contributed by atoms with Gasteiger partial charge in [-0.25, -0.2) is 8.42 Å². The van der Waals surface area contributed by atoms with Gasteiger partial charge in [0.1, 0.15) is 0 Å². The average molecular weight is 397 g/mol. The molecule has 1 aromatic rings. The molecule has 1 aromatic carbocycles. The molecular weight excluding hydrogens is 378 g/mol. The van der Waals surface area contributed by atoms with Gasteiger partial charge >= 0.3 is 0 Å². The first kappa shape index (κ1) is 18.5. The third-order valence-corrected chi connectivity index (χ3v) is 4.98. The van der Waals surface area contributed by atoms with Crippen LogP contribution >= 0.6 is 26.6 Å². The summed E-state index contributed by atoms with van der Waals surface area (Å²) < 4.78 is 23.6. The normalized spacial score (nSPS) is 11.7. The molecule has 0 unspecified atom stereocenters. The van der Waals surface area contributed by atoms with Crippen molar-refractivity contribution in [1.82, 2.24) is 5.32 Å². The smallest absolute Gasteiger partial charge is 0.261 e. The van der Waals surface area contributed by atoms with Crippen LogP contribution in [0.25, 0.3) is 0 Å². The zero-order valence-corrected chi connectivity index (χ0v) is 15.4. The highest BCUT2D eigenvalue weighted by Crippen LogP contribution is 2.27. The molecule has 0 radical (unpaired) electrons. The number of rotatable bonds is 6. The maximum absolute atomic E-state index is 12.2. The van der Waals surface area contributed by atoms with Gasteiger partial charge in [0.25, 0.3) is 15.0 Å². The largest absolute Gasteiger partial charge is 0.352 e. The first-order chi connectivity index (χ1) is 9.62. The van der Waals surface area contributed by atoms with Crippen LogP contribution in [0.1, 0.15) is 42.6 Å². The van der Waals surface area contributed by atoms with Crippen LogP contribution in [0.5, 0.6) is 0 Å². The minimum Gasteiger partial charge on any atom is -0.352 e. The molecule has 1 N–H and O–H groups in total. The monoisotopic (exact) mass is 395 g/mol. The predicted octanol–water partition coefficient (Wildman–Crippen LogP) is 3.85. The number of nitrogens with one attached hydrogen (secondary N) is 1. The van der Waals surface area contributed by atoms with E-state index in [4.69, 9.17) is 10.7 Å². The van der Waals surface area contributed by atoms with Crippen LogP contribution in [0.2, 0.25) is 0 Å². The molecule has 0 saturated heterocycles. The molecule has 0 heterocycles. The van der Waals surface area contributed by atoms with Gasteiger partial charge in [-0.2, -0.15) is 0 Å². The molecule has 0 aliphatic rings. The molecule has 0 saturated carbocycles. The van der Waals surface area contributed by atoms with Crippen molar-refractivity contribution in [2.75, 3.05) is 6.54 Å². The maximum atomic E-state index is 12.2. The number of amides is 1. The summed E-state index contributed by atoms with van der Waals surface area (Å²) in [4.78, 5) is 12.1. The van der Waals surface area contributed by atoms with E-state index in [0.717, 1.165) is 12.8 Å². The van der Waals surface area contributed by atoms with Gasteiger partial charge in [-0.1, -0.05) is 29.8 Å². The Morgan fingerprint density at radius 1 is 1.38 bits per heavy atom. The Balaban J connectivity index is 2.93. The number of hydrogen-bond acceptors (Lipinski definition) is 3. The standard InChI is InChI=1S/C14H19BrClNO3S/c1-9(2)5-4-6-17-14(18)12-7-11(15)8-13(10(12)3)21(16,19)20/h7-9H,4-6H2,1-3H3,(H,17,18). The predicted molar refractivity (Wildman–Crippen MR) is 88.3 cm³/mol. The molecule has 118 valence electrons. The average Bonchev–Trinajstić information content (AvgIpc) is 2.35. The Kier molecular flexibility index (Phi) is 6.69. The second-order valence-electron chi connectivity index (χ2n) is 5.31. The van der Waals surface area contributed by atoms with E-state index in [1.807, 2.05) is 0 Å². The van der Waals surface area contributed by atoms with Gasteiger partial charge in [0.15, 0.2) is 0 Å². The van der Waals surface area contributed by atoms with Crippen LogP contribution in [-0.4, -0.2) is 20.9 Å². The van der Waals surface area contributed by atoms with Crippen LogP contribution in [-0.2, 0) is 9.05 Å². The van der Waals surface area contributed by atoms with Gasteiger partial charge in [-0.3, -0.25) is 4.79 Å². The summed E-state index contributed by atoms with van der Waals surface area (Å²) in [5, 5.41) is 2.80. The summed E-state index contributed by atoms with van der Waals surface area (Å²) >= 11 is 3.21. The lowest BCUT2D eigenvalue weighted by molar-refractivity contribution is 0.0951. The number of carbonyl (C=O) groups is 1. The lowest BCUT2D eigenvalue weighted by atomic mass is 10.1. The molecule has 0 bridgehead atoms. The van der Waals surface area contributed by atoms with Gasteiger partial charge in [0, 0.05) is 27.3 Å². The number of carbonyl (C=O) groups excluding carboxylic acids is 1. The third kappa shape index (κ3) is 5.60. The topological polar surface area (TPSA) is 63.2 Å². The van der Waals surface area contributed by atoms with Crippen LogP contribution in [0.3, 0.4) is 0 Å². The van der Waals surface area contributed by atoms with E-state index in [-0.39, 0.29) is 10.8 Å². The first-order valence-electron chi connectivity index (χ1n) is 6.66. The summed E-state index contributed by atoms with van der Waals surface area (Å²) in [6, 6.07) is 2.99. The van der Waals surface area contributed by atoms with Crippen molar-refractivity contribution in [3.63, 3.8) is 0 Å². The van der Waals surface area contributed by atoms with Crippen LogP contribution in [0, 0.1) is 12.8 Å². The Hall–Kier alpha value is -0.590. The Morgan fingerprint density at radius 2 is 2.00 bits per heavy atom. The molecule has 0 atom stereocenters. The third-order valence-electron chi connectivity index (χ3n) is 3.08. The summed E-state index contributed by atoms with van der Waals surface area (Å²) in [5.41, 5.74) is 0.669. The number of hydrogen-bond donors (Lipinski definition) is 1. The van der Waals surface area contributed by atoms with Gasteiger partial charge in [-0.05, 0) is 43.4 Å². The summed E-state index contributed by atoms with van der Waals surface area (Å²) in [5.74, 6) is 0.293. The SMILES string of the molecule is Cc1c(C(=O)NCCCC(C)C)cc(Br)cc1S(=O)(=O)Cl. The fourth-order valence-corrected chi connectivity index (χ4v) is 3.78. The van der Waals surface area contributed by atoms with E-state index in [9.17, 15) is 13.2 Å². The fraction of sp³-hybridized carbons (Fsp3) is 0.500. The highest BCUT2D eigenvalue weighted by Gasteiger charge is 2.20. The molecule has 4 nitrogen and oxygen atoms in total. The van der Waals surface area contributed by atoms with Gasteiger partial charge < -0.3 is 5.32 Å². The lowest BCUT2D eigenvalue weighted by Gasteiger charge is -2.11. The molecule has 7 heteroatoms. The van der Waals surface area contributed by atoms with Crippen molar-refractivity contribution in [3.05, 3.63) is 27.7 Å². The van der Waals surface area contributed by atoms with Crippen LogP contribution in [0.4, 0.5) is 0 Å². The molecule has 0 fully saturated rings. The summed E-state index contributed by atoms with van der Waals surface area (Å²) in [7, 11) is 1.51. The number of benzene rings is 1. The van der Waals surface area contributed by atoms with E-state index >= 15 is 0 Å². The molecule has 1 rings (SSSR count). The van der Waals surface area contributed by atoms with Crippen LogP contribution < -0.4 is 5.32 Å². The molecule has 0 aromatic heterocycles. The van der Waals surface area contributed by atoms with Crippen molar-refractivity contribution >= 4 is 41.6 Å². The van der Waals surface area contributed by atoms with Crippen molar-refractivity contribution in [2.24, 2.45) is 5.92 Å². The minimum atomic E-state index is -3.89. The van der Waals surface area contributed by atoms with E-state index in [2.05, 4.69) is 35.1 Å². The zero-order chi connectivity index (χ0) is 16.2. The first-order valence-corrected chi connectivity index (χ1v) is 9.76. The van der Waals surface area contributed by atoms with Gasteiger partial charge in [0.05, 0.1) is 4.90 Å².